The highest BCUT2D eigenvalue weighted by Crippen LogP contribution is 2.27. The summed E-state index contributed by atoms with van der Waals surface area (Å²) >= 11 is 0. The number of benzene rings is 2. The third kappa shape index (κ3) is 3.09. The molecule has 2 aliphatic heterocycles. The third-order valence-corrected chi connectivity index (χ3v) is 5.04. The van der Waals surface area contributed by atoms with Crippen molar-refractivity contribution in [3.05, 3.63) is 65.0 Å². The van der Waals surface area contributed by atoms with Crippen LogP contribution in [0.2, 0.25) is 0 Å². The number of aryl methyl sites for hydroxylation is 2. The quantitative estimate of drug-likeness (QED) is 0.619. The van der Waals surface area contributed by atoms with Crippen molar-refractivity contribution in [2.45, 2.75) is 26.7 Å². The first kappa shape index (κ1) is 17.3. The number of hydrogen-bond acceptors (Lipinski definition) is 4. The van der Waals surface area contributed by atoms with Gasteiger partial charge >= 0.3 is 11.8 Å². The van der Waals surface area contributed by atoms with Crippen molar-refractivity contribution in [1.29, 1.82) is 0 Å². The summed E-state index contributed by atoms with van der Waals surface area (Å²) in [6, 6.07) is 12.1. The number of carbonyl (C=O) groups is 2. The second-order valence-electron chi connectivity index (χ2n) is 6.92. The average molecular weight is 367 g/mol. The Kier molecular flexibility index (Phi) is 4.22. The molecular formula is C20H20FN4O2+. The van der Waals surface area contributed by atoms with Gasteiger partial charge in [0.05, 0.1) is 0 Å². The Balaban J connectivity index is 1.68. The molecule has 1 atom stereocenters. The summed E-state index contributed by atoms with van der Waals surface area (Å²) in [4.78, 5) is 28.5. The zero-order chi connectivity index (χ0) is 19.1. The van der Waals surface area contributed by atoms with Gasteiger partial charge < -0.3 is 4.90 Å². The van der Waals surface area contributed by atoms with Crippen LogP contribution in [0, 0.1) is 19.7 Å². The van der Waals surface area contributed by atoms with E-state index in [0.717, 1.165) is 22.4 Å². The molecule has 7 heteroatoms. The smallest absolute Gasteiger partial charge is 0.326 e. The molecule has 0 aromatic heterocycles. The van der Waals surface area contributed by atoms with Crippen LogP contribution in [-0.2, 0) is 16.1 Å². The van der Waals surface area contributed by atoms with E-state index in [1.165, 1.54) is 21.7 Å². The van der Waals surface area contributed by atoms with E-state index in [-0.39, 0.29) is 12.4 Å². The third-order valence-electron chi connectivity index (χ3n) is 5.04. The largest absolute Gasteiger partial charge is 0.502 e. The molecule has 2 heterocycles. The van der Waals surface area contributed by atoms with Crippen LogP contribution in [0.5, 0.6) is 0 Å². The summed E-state index contributed by atoms with van der Waals surface area (Å²) < 4.78 is 14.5. The van der Waals surface area contributed by atoms with E-state index in [1.807, 2.05) is 36.9 Å². The highest BCUT2D eigenvalue weighted by atomic mass is 19.1. The molecule has 0 spiro atoms. The van der Waals surface area contributed by atoms with Gasteiger partial charge in [-0.3, -0.25) is 9.69 Å². The molecule has 0 bridgehead atoms. The summed E-state index contributed by atoms with van der Waals surface area (Å²) in [5, 5.41) is 4.54. The van der Waals surface area contributed by atoms with E-state index in [2.05, 4.69) is 5.11 Å². The Hall–Kier alpha value is -3.09. The Labute approximate surface area is 156 Å². The highest BCUT2D eigenvalue weighted by molar-refractivity contribution is 6.31. The Morgan fingerprint density at radius 1 is 1.07 bits per heavy atom. The molecule has 138 valence electrons. The van der Waals surface area contributed by atoms with Crippen LogP contribution in [-0.4, -0.2) is 40.8 Å². The van der Waals surface area contributed by atoms with Gasteiger partial charge in [0.1, 0.15) is 5.82 Å². The Morgan fingerprint density at radius 2 is 1.78 bits per heavy atom. The minimum absolute atomic E-state index is 0.250. The fourth-order valence-corrected chi connectivity index (χ4v) is 3.50. The highest BCUT2D eigenvalue weighted by Gasteiger charge is 2.49. The number of carbonyl (C=O) groups excluding carboxylic acids is 2. The van der Waals surface area contributed by atoms with Gasteiger partial charge in [-0.25, -0.2) is 9.18 Å². The molecule has 0 radical (unpaired) electrons. The Morgan fingerprint density at radius 3 is 2.52 bits per heavy atom. The number of halogens is 1. The summed E-state index contributed by atoms with van der Waals surface area (Å²) in [7, 11) is 0. The minimum atomic E-state index is -0.617. The summed E-state index contributed by atoms with van der Waals surface area (Å²) in [5.74, 6) is -1.49. The molecule has 2 aliphatic rings. The van der Waals surface area contributed by atoms with Crippen LogP contribution >= 0.6 is 0 Å². The van der Waals surface area contributed by atoms with Gasteiger partial charge in [0.25, 0.3) is 6.29 Å². The van der Waals surface area contributed by atoms with Gasteiger partial charge in [0.15, 0.2) is 0 Å². The standard InChI is InChI=1S/C20H20FN4O2/c1-13-3-4-14(2)15(11-13)12-25-19(27)18(26)24-10-9-23(20(24)22-25)17-7-5-16(21)6-8-17/h3-8,11,20H,9-10,12H2,1-2H3/q+1. The molecule has 0 aliphatic carbocycles. The minimum Gasteiger partial charge on any atom is -0.326 e. The van der Waals surface area contributed by atoms with E-state index >= 15 is 0 Å². The van der Waals surface area contributed by atoms with Crippen LogP contribution in [0.1, 0.15) is 16.7 Å². The lowest BCUT2D eigenvalue weighted by Crippen LogP contribution is -2.51. The molecule has 1 saturated heterocycles. The lowest BCUT2D eigenvalue weighted by atomic mass is 10.1. The van der Waals surface area contributed by atoms with Crippen molar-refractivity contribution in [2.24, 2.45) is 5.11 Å². The van der Waals surface area contributed by atoms with Crippen molar-refractivity contribution in [1.82, 2.24) is 4.90 Å². The van der Waals surface area contributed by atoms with Crippen molar-refractivity contribution in [3.8, 4) is 0 Å². The Bertz CT molecular complexity index is 955. The van der Waals surface area contributed by atoms with E-state index in [4.69, 9.17) is 0 Å². The molecule has 0 N–H and O–H groups in total. The number of rotatable bonds is 3. The lowest BCUT2D eigenvalue weighted by Gasteiger charge is -2.27. The molecule has 1 unspecified atom stereocenters. The predicted molar refractivity (Wildman–Crippen MR) is 96.6 cm³/mol. The monoisotopic (exact) mass is 367 g/mol. The zero-order valence-corrected chi connectivity index (χ0v) is 15.2. The maximum absolute atomic E-state index is 13.2. The van der Waals surface area contributed by atoms with Crippen LogP contribution in [0.25, 0.3) is 0 Å². The molecular weight excluding hydrogens is 347 g/mol. The number of anilines is 1. The zero-order valence-electron chi connectivity index (χ0n) is 15.2. The second kappa shape index (κ2) is 6.57. The summed E-state index contributed by atoms with van der Waals surface area (Å²) in [6.07, 6.45) is -0.592. The molecule has 1 fully saturated rings. The lowest BCUT2D eigenvalue weighted by molar-refractivity contribution is -0.534. The van der Waals surface area contributed by atoms with Gasteiger partial charge in [-0.05, 0) is 54.4 Å². The van der Waals surface area contributed by atoms with Crippen molar-refractivity contribution >= 4 is 17.5 Å². The predicted octanol–water partition coefficient (Wildman–Crippen LogP) is 2.58. The van der Waals surface area contributed by atoms with Crippen LogP contribution < -0.4 is 4.90 Å². The van der Waals surface area contributed by atoms with Gasteiger partial charge in [-0.2, -0.15) is 0 Å². The van der Waals surface area contributed by atoms with E-state index in [9.17, 15) is 14.0 Å². The topological polar surface area (TPSA) is 56.0 Å². The SMILES string of the molecule is Cc1ccc(C)c(C[N+]2=NC3N(CCN3c3ccc(F)cc3)C(=O)C2=O)c1. The first-order chi connectivity index (χ1) is 12.9. The van der Waals surface area contributed by atoms with E-state index in [1.54, 1.807) is 12.1 Å². The molecule has 2 aromatic rings. The van der Waals surface area contributed by atoms with Crippen molar-refractivity contribution < 1.29 is 18.7 Å². The second-order valence-corrected chi connectivity index (χ2v) is 6.92. The van der Waals surface area contributed by atoms with Gasteiger partial charge in [0.2, 0.25) is 6.54 Å². The van der Waals surface area contributed by atoms with E-state index < -0.39 is 18.1 Å². The van der Waals surface area contributed by atoms with Gasteiger partial charge in [0, 0.05) is 29.5 Å². The first-order valence-corrected chi connectivity index (χ1v) is 8.85. The van der Waals surface area contributed by atoms with Gasteiger partial charge in [-0.1, -0.05) is 17.7 Å². The first-order valence-electron chi connectivity index (χ1n) is 8.85. The molecule has 27 heavy (non-hydrogen) atoms. The molecule has 0 saturated carbocycles. The molecule has 2 amide bonds. The van der Waals surface area contributed by atoms with Crippen LogP contribution in [0.4, 0.5) is 10.1 Å². The van der Waals surface area contributed by atoms with Crippen LogP contribution in [0.3, 0.4) is 0 Å². The fraction of sp³-hybridized carbons (Fsp3) is 0.300. The number of hydrogen-bond donors (Lipinski definition) is 0. The van der Waals surface area contributed by atoms with Crippen molar-refractivity contribution in [2.75, 3.05) is 18.0 Å². The number of fused-ring (bicyclic) bond motifs is 1. The fourth-order valence-electron chi connectivity index (χ4n) is 3.50. The summed E-state index contributed by atoms with van der Waals surface area (Å²) in [5.41, 5.74) is 3.85. The average Bonchev–Trinajstić information content (AvgIpc) is 3.07. The summed E-state index contributed by atoms with van der Waals surface area (Å²) in [6.45, 7) is 5.15. The van der Waals surface area contributed by atoms with Crippen LogP contribution in [0.15, 0.2) is 47.6 Å². The maximum Gasteiger partial charge on any atom is 0.502 e. The van der Waals surface area contributed by atoms with Crippen molar-refractivity contribution in [3.63, 3.8) is 0 Å². The number of azo groups is 2. The molecule has 4 rings (SSSR count). The number of amides is 2. The van der Waals surface area contributed by atoms with Gasteiger partial charge in [-0.15, -0.1) is 0 Å². The maximum atomic E-state index is 13.2. The molecule has 2 aromatic carbocycles. The molecule has 6 nitrogen and oxygen atoms in total. The number of nitrogens with zero attached hydrogens (tertiary/aromatic N) is 4. The normalized spacial score (nSPS) is 19.4. The van der Waals surface area contributed by atoms with E-state index in [0.29, 0.717) is 13.1 Å².